The molecule has 1 fully saturated rings. The van der Waals surface area contributed by atoms with E-state index < -0.39 is 0 Å². The molecule has 0 saturated carbocycles. The zero-order valence-electron chi connectivity index (χ0n) is 16.9. The van der Waals surface area contributed by atoms with E-state index in [4.69, 9.17) is 0 Å². The van der Waals surface area contributed by atoms with Gasteiger partial charge in [-0.3, -0.25) is 19.5 Å². The van der Waals surface area contributed by atoms with Crippen molar-refractivity contribution in [2.24, 2.45) is 0 Å². The van der Waals surface area contributed by atoms with Crippen molar-refractivity contribution in [1.82, 2.24) is 19.7 Å². The van der Waals surface area contributed by atoms with E-state index in [1.165, 1.54) is 12.5 Å². The Kier molecular flexibility index (Phi) is 7.53. The van der Waals surface area contributed by atoms with Crippen LogP contribution in [0.3, 0.4) is 0 Å². The lowest BCUT2D eigenvalue weighted by Crippen LogP contribution is -2.51. The summed E-state index contributed by atoms with van der Waals surface area (Å²) in [7, 11) is 0. The molecule has 1 saturated heterocycles. The number of pyridine rings is 1. The topological polar surface area (TPSA) is 56.8 Å². The molecule has 2 amide bonds. The molecule has 6 nitrogen and oxygen atoms in total. The molecule has 6 heteroatoms. The Bertz CT molecular complexity index is 815. The van der Waals surface area contributed by atoms with Gasteiger partial charge < -0.3 is 9.80 Å². The Morgan fingerprint density at radius 1 is 1.07 bits per heavy atom. The summed E-state index contributed by atoms with van der Waals surface area (Å²) >= 11 is 0. The van der Waals surface area contributed by atoms with Crippen molar-refractivity contribution in [3.05, 3.63) is 72.1 Å². The second-order valence-electron chi connectivity index (χ2n) is 7.23. The minimum absolute atomic E-state index is 0.00330. The third kappa shape index (κ3) is 6.54. The molecule has 0 unspecified atom stereocenters. The summed E-state index contributed by atoms with van der Waals surface area (Å²) in [4.78, 5) is 34.5. The first-order valence-electron chi connectivity index (χ1n) is 9.98. The fraction of sp³-hybridized carbons (Fsp3) is 0.348. The average Bonchev–Trinajstić information content (AvgIpc) is 2.75. The largest absolute Gasteiger partial charge is 0.339 e. The van der Waals surface area contributed by atoms with Crippen molar-refractivity contribution < 1.29 is 9.59 Å². The monoisotopic (exact) mass is 392 g/mol. The summed E-state index contributed by atoms with van der Waals surface area (Å²) in [5.74, 6) is -0.101. The molecule has 0 spiro atoms. The van der Waals surface area contributed by atoms with Crippen molar-refractivity contribution in [3.63, 3.8) is 0 Å². The maximum Gasteiger partial charge on any atom is 0.242 e. The molecule has 152 valence electrons. The van der Waals surface area contributed by atoms with Crippen LogP contribution in [0, 0.1) is 0 Å². The Morgan fingerprint density at radius 2 is 1.83 bits per heavy atom. The first kappa shape index (κ1) is 20.7. The van der Waals surface area contributed by atoms with Gasteiger partial charge in [-0.15, -0.1) is 0 Å². The van der Waals surface area contributed by atoms with Gasteiger partial charge in [0, 0.05) is 58.6 Å². The highest BCUT2D eigenvalue weighted by Gasteiger charge is 2.23. The normalized spacial score (nSPS) is 14.9. The number of carbonyl (C=O) groups is 2. The van der Waals surface area contributed by atoms with Crippen molar-refractivity contribution in [1.29, 1.82) is 0 Å². The Balaban J connectivity index is 1.45. The van der Waals surface area contributed by atoms with Crippen LogP contribution in [-0.4, -0.2) is 70.8 Å². The second-order valence-corrected chi connectivity index (χ2v) is 7.23. The lowest BCUT2D eigenvalue weighted by molar-refractivity contribution is -0.140. The van der Waals surface area contributed by atoms with Crippen LogP contribution < -0.4 is 0 Å². The molecule has 2 heterocycles. The minimum Gasteiger partial charge on any atom is -0.339 e. The number of nitrogens with zero attached hydrogens (tertiary/aromatic N) is 4. The Morgan fingerprint density at radius 3 is 2.48 bits per heavy atom. The smallest absolute Gasteiger partial charge is 0.242 e. The quantitative estimate of drug-likeness (QED) is 0.726. The molecule has 1 aromatic carbocycles. The molecule has 0 bridgehead atoms. The van der Waals surface area contributed by atoms with Gasteiger partial charge in [0.1, 0.15) is 6.54 Å². The highest BCUT2D eigenvalue weighted by Crippen LogP contribution is 2.08. The predicted molar refractivity (Wildman–Crippen MR) is 114 cm³/mol. The molecule has 1 aliphatic rings. The van der Waals surface area contributed by atoms with Gasteiger partial charge in [-0.05, 0) is 17.2 Å². The third-order valence-corrected chi connectivity index (χ3v) is 5.07. The van der Waals surface area contributed by atoms with Gasteiger partial charge in [-0.1, -0.05) is 48.6 Å². The van der Waals surface area contributed by atoms with Gasteiger partial charge in [-0.25, -0.2) is 0 Å². The lowest BCUT2D eigenvalue weighted by atomic mass is 10.2. The van der Waals surface area contributed by atoms with E-state index in [0.717, 1.165) is 25.2 Å². The van der Waals surface area contributed by atoms with Gasteiger partial charge in [0.15, 0.2) is 0 Å². The van der Waals surface area contributed by atoms with E-state index in [9.17, 15) is 9.59 Å². The summed E-state index contributed by atoms with van der Waals surface area (Å²) in [6.07, 6.45) is 7.71. The average molecular weight is 393 g/mol. The van der Waals surface area contributed by atoms with Crippen molar-refractivity contribution in [2.45, 2.75) is 13.5 Å². The van der Waals surface area contributed by atoms with Crippen molar-refractivity contribution in [2.75, 3.05) is 39.3 Å². The summed E-state index contributed by atoms with van der Waals surface area (Å²) in [6, 6.07) is 14.0. The zero-order chi connectivity index (χ0) is 20.5. The highest BCUT2D eigenvalue weighted by atomic mass is 16.2. The van der Waals surface area contributed by atoms with E-state index in [-0.39, 0.29) is 18.4 Å². The van der Waals surface area contributed by atoms with E-state index in [1.807, 2.05) is 35.2 Å². The lowest BCUT2D eigenvalue weighted by Gasteiger charge is -2.35. The number of aromatic nitrogens is 1. The standard InChI is InChI=1S/C23H28N4O2/c1-20(28)27(18-22-9-5-11-24-17-22)19-23(29)26-15-13-25(14-16-26)12-6-10-21-7-3-2-4-8-21/h2-11,17H,12-16,18-19H2,1H3. The van der Waals surface area contributed by atoms with Crippen LogP contribution in [-0.2, 0) is 16.1 Å². The molecule has 0 N–H and O–H groups in total. The SMILES string of the molecule is CC(=O)N(CC(=O)N1CCN(CC=Cc2ccccc2)CC1)Cc1cccnc1. The van der Waals surface area contributed by atoms with Gasteiger partial charge in [0.05, 0.1) is 0 Å². The summed E-state index contributed by atoms with van der Waals surface area (Å²) < 4.78 is 0. The van der Waals surface area contributed by atoms with E-state index in [0.29, 0.717) is 19.6 Å². The van der Waals surface area contributed by atoms with E-state index in [1.54, 1.807) is 17.3 Å². The summed E-state index contributed by atoms with van der Waals surface area (Å²) in [5.41, 5.74) is 2.12. The van der Waals surface area contributed by atoms with Crippen LogP contribution >= 0.6 is 0 Å². The third-order valence-electron chi connectivity index (χ3n) is 5.07. The molecule has 29 heavy (non-hydrogen) atoms. The molecule has 0 atom stereocenters. The first-order chi connectivity index (χ1) is 14.1. The number of rotatable bonds is 7. The van der Waals surface area contributed by atoms with E-state index >= 15 is 0 Å². The summed E-state index contributed by atoms with van der Waals surface area (Å²) in [6.45, 7) is 5.95. The Hall–Kier alpha value is -2.99. The fourth-order valence-electron chi connectivity index (χ4n) is 3.34. The van der Waals surface area contributed by atoms with Crippen LogP contribution in [0.15, 0.2) is 60.9 Å². The van der Waals surface area contributed by atoms with Gasteiger partial charge in [0.25, 0.3) is 0 Å². The van der Waals surface area contributed by atoms with Crippen LogP contribution in [0.4, 0.5) is 0 Å². The fourth-order valence-corrected chi connectivity index (χ4v) is 3.34. The van der Waals surface area contributed by atoms with Crippen LogP contribution in [0.1, 0.15) is 18.1 Å². The molecule has 0 radical (unpaired) electrons. The Labute approximate surface area is 172 Å². The molecule has 0 aliphatic carbocycles. The van der Waals surface area contributed by atoms with Gasteiger partial charge in [-0.2, -0.15) is 0 Å². The first-order valence-corrected chi connectivity index (χ1v) is 9.98. The zero-order valence-corrected chi connectivity index (χ0v) is 16.9. The number of amides is 2. The molecule has 3 rings (SSSR count). The number of hydrogen-bond donors (Lipinski definition) is 0. The predicted octanol–water partition coefficient (Wildman–Crippen LogP) is 2.29. The maximum absolute atomic E-state index is 12.7. The van der Waals surface area contributed by atoms with Crippen LogP contribution in [0.25, 0.3) is 6.08 Å². The number of benzene rings is 1. The molecule has 1 aromatic heterocycles. The maximum atomic E-state index is 12.7. The number of hydrogen-bond acceptors (Lipinski definition) is 4. The minimum atomic E-state index is -0.105. The molecular weight excluding hydrogens is 364 g/mol. The number of carbonyl (C=O) groups excluding carboxylic acids is 2. The van der Waals surface area contributed by atoms with Gasteiger partial charge in [0.2, 0.25) is 11.8 Å². The molecular formula is C23H28N4O2. The van der Waals surface area contributed by atoms with Gasteiger partial charge >= 0.3 is 0 Å². The van der Waals surface area contributed by atoms with Crippen molar-refractivity contribution >= 4 is 17.9 Å². The summed E-state index contributed by atoms with van der Waals surface area (Å²) in [5, 5.41) is 0. The van der Waals surface area contributed by atoms with E-state index in [2.05, 4.69) is 34.2 Å². The number of piperazine rings is 1. The molecule has 2 aromatic rings. The van der Waals surface area contributed by atoms with Crippen LogP contribution in [0.2, 0.25) is 0 Å². The highest BCUT2D eigenvalue weighted by molar-refractivity contribution is 5.84. The van der Waals surface area contributed by atoms with Crippen LogP contribution in [0.5, 0.6) is 0 Å². The molecule has 1 aliphatic heterocycles. The van der Waals surface area contributed by atoms with Crippen molar-refractivity contribution in [3.8, 4) is 0 Å². The second kappa shape index (κ2) is 10.5.